The van der Waals surface area contributed by atoms with Crippen molar-refractivity contribution in [2.45, 2.75) is 12.5 Å². The molecular formula is C13H14BrFN2OS. The van der Waals surface area contributed by atoms with Crippen LogP contribution in [-0.2, 0) is 6.42 Å². The zero-order valence-electron chi connectivity index (χ0n) is 10.3. The van der Waals surface area contributed by atoms with E-state index in [1.807, 2.05) is 11.4 Å². The molecule has 1 unspecified atom stereocenters. The van der Waals surface area contributed by atoms with Crippen molar-refractivity contribution in [3.05, 3.63) is 50.4 Å². The van der Waals surface area contributed by atoms with Gasteiger partial charge in [-0.1, -0.05) is 12.1 Å². The lowest BCUT2D eigenvalue weighted by Crippen LogP contribution is -2.29. The van der Waals surface area contributed by atoms with E-state index in [9.17, 15) is 4.39 Å². The minimum Gasteiger partial charge on any atom is -0.494 e. The highest BCUT2D eigenvalue weighted by molar-refractivity contribution is 9.10. The predicted molar refractivity (Wildman–Crippen MR) is 78.7 cm³/mol. The number of benzene rings is 1. The van der Waals surface area contributed by atoms with E-state index in [-0.39, 0.29) is 17.6 Å². The Balaban J connectivity index is 2.27. The van der Waals surface area contributed by atoms with Crippen molar-refractivity contribution in [3.8, 4) is 5.75 Å². The van der Waals surface area contributed by atoms with Crippen LogP contribution in [0.2, 0.25) is 0 Å². The van der Waals surface area contributed by atoms with Gasteiger partial charge in [-0.05, 0) is 45.4 Å². The molecule has 0 saturated carbocycles. The van der Waals surface area contributed by atoms with Crippen LogP contribution in [0.25, 0.3) is 0 Å². The molecule has 2 aromatic rings. The molecule has 0 spiro atoms. The third-order valence-electron chi connectivity index (χ3n) is 2.85. The molecule has 0 bridgehead atoms. The molecular weight excluding hydrogens is 331 g/mol. The topological polar surface area (TPSA) is 47.3 Å². The Morgan fingerprint density at radius 2 is 2.26 bits per heavy atom. The Labute approximate surface area is 123 Å². The van der Waals surface area contributed by atoms with E-state index in [1.54, 1.807) is 29.5 Å². The number of ether oxygens (including phenoxy) is 1. The van der Waals surface area contributed by atoms with Crippen molar-refractivity contribution in [1.29, 1.82) is 0 Å². The third kappa shape index (κ3) is 3.14. The largest absolute Gasteiger partial charge is 0.494 e. The monoisotopic (exact) mass is 344 g/mol. The van der Waals surface area contributed by atoms with E-state index in [2.05, 4.69) is 21.4 Å². The van der Waals surface area contributed by atoms with Gasteiger partial charge in [0, 0.05) is 9.35 Å². The summed E-state index contributed by atoms with van der Waals surface area (Å²) >= 11 is 5.04. The molecule has 1 atom stereocenters. The Kier molecular flexibility index (Phi) is 4.93. The van der Waals surface area contributed by atoms with Crippen molar-refractivity contribution in [2.24, 2.45) is 5.84 Å². The Hall–Kier alpha value is -0.950. The van der Waals surface area contributed by atoms with E-state index >= 15 is 0 Å². The van der Waals surface area contributed by atoms with Gasteiger partial charge in [-0.15, -0.1) is 11.3 Å². The average Bonchev–Trinajstić information content (AvgIpc) is 2.84. The number of hydrazine groups is 1. The van der Waals surface area contributed by atoms with Crippen molar-refractivity contribution in [3.63, 3.8) is 0 Å². The average molecular weight is 345 g/mol. The van der Waals surface area contributed by atoms with Crippen molar-refractivity contribution in [1.82, 2.24) is 5.43 Å². The molecule has 102 valence electrons. The van der Waals surface area contributed by atoms with E-state index in [0.717, 1.165) is 9.35 Å². The molecule has 1 aromatic heterocycles. The number of methoxy groups -OCH3 is 1. The van der Waals surface area contributed by atoms with Crippen LogP contribution in [0.15, 0.2) is 34.1 Å². The lowest BCUT2D eigenvalue weighted by Gasteiger charge is -2.16. The molecule has 0 radical (unpaired) electrons. The molecule has 0 aliphatic heterocycles. The second-order valence-corrected chi connectivity index (χ2v) is 5.79. The zero-order chi connectivity index (χ0) is 13.8. The van der Waals surface area contributed by atoms with Crippen molar-refractivity contribution >= 4 is 27.3 Å². The van der Waals surface area contributed by atoms with Crippen LogP contribution in [0.1, 0.15) is 16.5 Å². The quantitative estimate of drug-likeness (QED) is 0.645. The van der Waals surface area contributed by atoms with Crippen LogP contribution < -0.4 is 16.0 Å². The van der Waals surface area contributed by atoms with Gasteiger partial charge in [0.05, 0.1) is 13.2 Å². The second-order valence-electron chi connectivity index (χ2n) is 3.99. The predicted octanol–water partition coefficient (Wildman–Crippen LogP) is 3.41. The number of nitrogens with two attached hydrogens (primary N) is 1. The second kappa shape index (κ2) is 6.47. The molecule has 0 saturated heterocycles. The van der Waals surface area contributed by atoms with Crippen molar-refractivity contribution in [2.75, 3.05) is 7.11 Å². The minimum atomic E-state index is -0.335. The smallest absolute Gasteiger partial charge is 0.168 e. The molecule has 6 heteroatoms. The summed E-state index contributed by atoms with van der Waals surface area (Å²) in [6.07, 6.45) is 0.457. The number of rotatable bonds is 5. The first-order chi connectivity index (χ1) is 9.17. The first-order valence-corrected chi connectivity index (χ1v) is 7.35. The lowest BCUT2D eigenvalue weighted by atomic mass is 10.0. The van der Waals surface area contributed by atoms with Crippen LogP contribution in [0.5, 0.6) is 5.75 Å². The standard InChI is InChI=1S/C13H14BrFN2OS/c1-18-11-4-2-3-8(12(11)15)7-10(17-16)13-9(14)5-6-19-13/h2-6,10,17H,7,16H2,1H3. The first-order valence-electron chi connectivity index (χ1n) is 5.67. The molecule has 3 N–H and O–H groups in total. The van der Waals surface area contributed by atoms with Gasteiger partial charge < -0.3 is 4.74 Å². The number of hydrogen-bond donors (Lipinski definition) is 2. The van der Waals surface area contributed by atoms with E-state index < -0.39 is 0 Å². The van der Waals surface area contributed by atoms with Gasteiger partial charge in [0.15, 0.2) is 11.6 Å². The highest BCUT2D eigenvalue weighted by atomic mass is 79.9. The van der Waals surface area contributed by atoms with Gasteiger partial charge in [-0.3, -0.25) is 11.3 Å². The van der Waals surface area contributed by atoms with Crippen LogP contribution in [-0.4, -0.2) is 7.11 Å². The number of hydrogen-bond acceptors (Lipinski definition) is 4. The summed E-state index contributed by atoms with van der Waals surface area (Å²) in [4.78, 5) is 1.05. The summed E-state index contributed by atoms with van der Waals surface area (Å²) < 4.78 is 20.1. The molecule has 0 aliphatic rings. The maximum Gasteiger partial charge on any atom is 0.168 e. The summed E-state index contributed by atoms with van der Waals surface area (Å²) in [6.45, 7) is 0. The number of thiophene rings is 1. The Bertz CT molecular complexity index is 561. The maximum absolute atomic E-state index is 14.1. The van der Waals surface area contributed by atoms with Crippen LogP contribution in [0, 0.1) is 5.82 Å². The SMILES string of the molecule is COc1cccc(CC(NN)c2sccc2Br)c1F. The Morgan fingerprint density at radius 1 is 1.47 bits per heavy atom. The number of halogens is 2. The molecule has 3 nitrogen and oxygen atoms in total. The van der Waals surface area contributed by atoms with Gasteiger partial charge in [0.1, 0.15) is 0 Å². The molecule has 0 aliphatic carbocycles. The summed E-state index contributed by atoms with van der Waals surface area (Å²) in [5.41, 5.74) is 3.30. The fourth-order valence-corrected chi connectivity index (χ4v) is 3.58. The fraction of sp³-hybridized carbons (Fsp3) is 0.231. The lowest BCUT2D eigenvalue weighted by molar-refractivity contribution is 0.382. The molecule has 19 heavy (non-hydrogen) atoms. The van der Waals surface area contributed by atoms with Gasteiger partial charge in [-0.2, -0.15) is 0 Å². The van der Waals surface area contributed by atoms with Gasteiger partial charge in [0.25, 0.3) is 0 Å². The maximum atomic E-state index is 14.1. The van der Waals surface area contributed by atoms with Crippen LogP contribution in [0.3, 0.4) is 0 Å². The van der Waals surface area contributed by atoms with Crippen LogP contribution >= 0.6 is 27.3 Å². The van der Waals surface area contributed by atoms with Crippen molar-refractivity contribution < 1.29 is 9.13 Å². The molecule has 1 heterocycles. The third-order valence-corrected chi connectivity index (χ3v) is 4.83. The molecule has 1 aromatic carbocycles. The molecule has 0 amide bonds. The molecule has 2 rings (SSSR count). The highest BCUT2D eigenvalue weighted by Gasteiger charge is 2.18. The molecule has 0 fully saturated rings. The normalized spacial score (nSPS) is 12.4. The fourth-order valence-electron chi connectivity index (χ4n) is 1.87. The summed E-state index contributed by atoms with van der Waals surface area (Å²) in [5.74, 6) is 5.50. The summed E-state index contributed by atoms with van der Waals surface area (Å²) in [7, 11) is 1.46. The number of nitrogens with one attached hydrogen (secondary N) is 1. The zero-order valence-corrected chi connectivity index (χ0v) is 12.7. The van der Waals surface area contributed by atoms with Gasteiger partial charge in [0.2, 0.25) is 0 Å². The minimum absolute atomic E-state index is 0.143. The van der Waals surface area contributed by atoms with E-state index in [1.165, 1.54) is 7.11 Å². The Morgan fingerprint density at radius 3 is 2.84 bits per heavy atom. The van der Waals surface area contributed by atoms with Gasteiger partial charge in [-0.25, -0.2) is 4.39 Å². The first kappa shape index (κ1) is 14.5. The summed E-state index contributed by atoms with van der Waals surface area (Å²) in [5, 5.41) is 1.96. The summed E-state index contributed by atoms with van der Waals surface area (Å²) in [6, 6.07) is 6.92. The van der Waals surface area contributed by atoms with E-state index in [4.69, 9.17) is 10.6 Å². The highest BCUT2D eigenvalue weighted by Crippen LogP contribution is 2.32. The van der Waals surface area contributed by atoms with E-state index in [0.29, 0.717) is 12.0 Å². The van der Waals surface area contributed by atoms with Crippen LogP contribution in [0.4, 0.5) is 4.39 Å². The van der Waals surface area contributed by atoms with Gasteiger partial charge >= 0.3 is 0 Å².